The van der Waals surface area contributed by atoms with Crippen LogP contribution in [0.3, 0.4) is 0 Å². The van der Waals surface area contributed by atoms with Crippen LogP contribution in [0.15, 0.2) is 158 Å². The van der Waals surface area contributed by atoms with E-state index >= 15 is 0 Å². The number of nitrogens with zero attached hydrogens (tertiary/aromatic N) is 4. The maximum Gasteiger partial charge on any atom is 0.145 e. The van der Waals surface area contributed by atoms with Gasteiger partial charge in [0.1, 0.15) is 17.1 Å². The number of fused-ring (bicyclic) bond motifs is 7. The molecule has 0 unspecified atom stereocenters. The average molecular weight is 579 g/mol. The van der Waals surface area contributed by atoms with E-state index in [1.54, 1.807) is 6.20 Å². The van der Waals surface area contributed by atoms with Crippen LogP contribution in [0.1, 0.15) is 0 Å². The van der Waals surface area contributed by atoms with Crippen LogP contribution in [0.25, 0.3) is 66.4 Å². The van der Waals surface area contributed by atoms with E-state index in [1.165, 1.54) is 16.3 Å². The molecule has 5 aromatic carbocycles. The molecule has 45 heavy (non-hydrogen) atoms. The highest BCUT2D eigenvalue weighted by Gasteiger charge is 2.21. The first-order chi connectivity index (χ1) is 22.3. The van der Waals surface area contributed by atoms with Crippen molar-refractivity contribution in [2.75, 3.05) is 0 Å². The lowest BCUT2D eigenvalue weighted by Crippen LogP contribution is -1.97. The van der Waals surface area contributed by atoms with Crippen LogP contribution in [0.5, 0.6) is 11.5 Å². The molecule has 9 aromatic rings. The van der Waals surface area contributed by atoms with E-state index in [1.807, 2.05) is 66.9 Å². The van der Waals surface area contributed by atoms with Gasteiger partial charge in [-0.25, -0.2) is 4.98 Å². The number of aromatic nitrogens is 4. The Hall–Kier alpha value is -6.20. The maximum absolute atomic E-state index is 6.46. The van der Waals surface area contributed by atoms with Crippen molar-refractivity contribution >= 4 is 43.7 Å². The molecule has 212 valence electrons. The molecule has 0 saturated heterocycles. The van der Waals surface area contributed by atoms with Gasteiger partial charge in [-0.1, -0.05) is 66.7 Å². The molecular weight excluding hydrogens is 552 g/mol. The Balaban J connectivity index is 1.27. The molecule has 0 N–H and O–H groups in total. The van der Waals surface area contributed by atoms with Crippen LogP contribution >= 0.6 is 0 Å². The number of ether oxygens (including phenoxy) is 1. The predicted octanol–water partition coefficient (Wildman–Crippen LogP) is 10.1. The van der Waals surface area contributed by atoms with E-state index in [0.717, 1.165) is 61.6 Å². The fourth-order valence-electron chi connectivity index (χ4n) is 6.56. The summed E-state index contributed by atoms with van der Waals surface area (Å²) in [5.74, 6) is 1.50. The smallest absolute Gasteiger partial charge is 0.145 e. The van der Waals surface area contributed by atoms with Gasteiger partial charge < -0.3 is 9.30 Å². The van der Waals surface area contributed by atoms with Crippen LogP contribution in [0, 0.1) is 0 Å². The molecule has 4 heterocycles. The van der Waals surface area contributed by atoms with Crippen LogP contribution < -0.4 is 4.74 Å². The lowest BCUT2D eigenvalue weighted by Gasteiger charge is -2.12. The monoisotopic (exact) mass is 578 g/mol. The Kier molecular flexibility index (Phi) is 5.74. The minimum atomic E-state index is 0.746. The van der Waals surface area contributed by atoms with Crippen LogP contribution in [0.2, 0.25) is 0 Å². The number of hydrogen-bond acceptors (Lipinski definition) is 3. The summed E-state index contributed by atoms with van der Waals surface area (Å²) in [6, 6.07) is 50.1. The Morgan fingerprint density at radius 3 is 2.11 bits per heavy atom. The van der Waals surface area contributed by atoms with E-state index in [0.29, 0.717) is 0 Å². The molecule has 0 spiro atoms. The molecule has 4 aromatic heterocycles. The fourth-order valence-corrected chi connectivity index (χ4v) is 6.56. The summed E-state index contributed by atoms with van der Waals surface area (Å²) in [5, 5.41) is 4.67. The normalized spacial score (nSPS) is 11.6. The van der Waals surface area contributed by atoms with E-state index < -0.39 is 0 Å². The Labute approximate surface area is 259 Å². The Morgan fingerprint density at radius 2 is 1.22 bits per heavy atom. The van der Waals surface area contributed by atoms with Gasteiger partial charge in [-0.05, 0) is 72.8 Å². The summed E-state index contributed by atoms with van der Waals surface area (Å²) in [4.78, 5) is 9.42. The molecule has 5 heteroatoms. The zero-order chi connectivity index (χ0) is 29.7. The summed E-state index contributed by atoms with van der Waals surface area (Å²) >= 11 is 0. The fraction of sp³-hybridized carbons (Fsp3) is 0. The molecule has 0 aliphatic carbocycles. The standard InChI is InChI=1S/C40H26N4O/c1-2-12-28(13-3-1)43-36-20-5-4-17-34(36)38-37(43)22-21-32-33-18-10-24-42-40(33)44(39(32)38)29-14-9-16-31(26-29)45-30-15-8-11-27(25-30)35-19-6-7-23-41-35/h1-26H. The second kappa shape index (κ2) is 10.2. The minimum Gasteiger partial charge on any atom is -0.457 e. The summed E-state index contributed by atoms with van der Waals surface area (Å²) in [6.45, 7) is 0. The first-order valence-electron chi connectivity index (χ1n) is 15.0. The van der Waals surface area contributed by atoms with Gasteiger partial charge in [0.05, 0.1) is 27.9 Å². The second-order valence-electron chi connectivity index (χ2n) is 11.1. The number of rotatable bonds is 5. The van der Waals surface area contributed by atoms with Crippen molar-refractivity contribution in [1.82, 2.24) is 19.1 Å². The molecule has 0 radical (unpaired) electrons. The van der Waals surface area contributed by atoms with Crippen molar-refractivity contribution < 1.29 is 4.74 Å². The molecule has 0 atom stereocenters. The number of para-hydroxylation sites is 2. The summed E-state index contributed by atoms with van der Waals surface area (Å²) in [5.41, 5.74) is 8.38. The lowest BCUT2D eigenvalue weighted by molar-refractivity contribution is 0.482. The van der Waals surface area contributed by atoms with E-state index in [4.69, 9.17) is 9.72 Å². The van der Waals surface area contributed by atoms with Crippen molar-refractivity contribution in [2.24, 2.45) is 0 Å². The SMILES string of the molecule is c1ccc(-n2c3ccccc3c3c2ccc2c4cccnc4n(-c4cccc(Oc5cccc(-c6ccccn6)c5)c4)c23)cc1. The van der Waals surface area contributed by atoms with E-state index in [-0.39, 0.29) is 0 Å². The van der Waals surface area contributed by atoms with Gasteiger partial charge in [-0.2, -0.15) is 0 Å². The quantitative estimate of drug-likeness (QED) is 0.204. The van der Waals surface area contributed by atoms with Crippen LogP contribution in [0.4, 0.5) is 0 Å². The third kappa shape index (κ3) is 4.09. The molecule has 0 amide bonds. The predicted molar refractivity (Wildman–Crippen MR) is 183 cm³/mol. The van der Waals surface area contributed by atoms with Crippen LogP contribution in [-0.2, 0) is 0 Å². The highest BCUT2D eigenvalue weighted by molar-refractivity contribution is 6.25. The third-order valence-corrected chi connectivity index (χ3v) is 8.44. The number of pyridine rings is 2. The van der Waals surface area contributed by atoms with Gasteiger partial charge in [0.25, 0.3) is 0 Å². The second-order valence-corrected chi connectivity index (χ2v) is 11.1. The van der Waals surface area contributed by atoms with Gasteiger partial charge in [-0.3, -0.25) is 9.55 Å². The molecule has 0 bridgehead atoms. The molecule has 9 rings (SSSR count). The van der Waals surface area contributed by atoms with Gasteiger partial charge in [0.2, 0.25) is 0 Å². The van der Waals surface area contributed by atoms with Crippen molar-refractivity contribution in [1.29, 1.82) is 0 Å². The number of benzene rings is 5. The molecule has 0 saturated carbocycles. The Bertz CT molecular complexity index is 2510. The molecular formula is C40H26N4O. The molecule has 0 aliphatic heterocycles. The third-order valence-electron chi connectivity index (χ3n) is 8.44. The summed E-state index contributed by atoms with van der Waals surface area (Å²) < 4.78 is 11.1. The van der Waals surface area contributed by atoms with Gasteiger partial charge in [0.15, 0.2) is 0 Å². The average Bonchev–Trinajstić information content (AvgIpc) is 3.62. The Morgan fingerprint density at radius 1 is 0.467 bits per heavy atom. The zero-order valence-corrected chi connectivity index (χ0v) is 24.2. The van der Waals surface area contributed by atoms with E-state index in [2.05, 4.69) is 99.0 Å². The van der Waals surface area contributed by atoms with Crippen LogP contribution in [-0.4, -0.2) is 19.1 Å². The molecule has 0 aliphatic rings. The van der Waals surface area contributed by atoms with Crippen molar-refractivity contribution in [2.45, 2.75) is 0 Å². The van der Waals surface area contributed by atoms with Crippen molar-refractivity contribution in [3.8, 4) is 34.1 Å². The molecule has 0 fully saturated rings. The van der Waals surface area contributed by atoms with Gasteiger partial charge in [-0.15, -0.1) is 0 Å². The summed E-state index contributed by atoms with van der Waals surface area (Å²) in [6.07, 6.45) is 3.67. The highest BCUT2D eigenvalue weighted by atomic mass is 16.5. The lowest BCUT2D eigenvalue weighted by atomic mass is 10.1. The number of hydrogen-bond donors (Lipinski definition) is 0. The van der Waals surface area contributed by atoms with Crippen molar-refractivity contribution in [3.63, 3.8) is 0 Å². The van der Waals surface area contributed by atoms with Gasteiger partial charge >= 0.3 is 0 Å². The van der Waals surface area contributed by atoms with E-state index in [9.17, 15) is 0 Å². The summed E-state index contributed by atoms with van der Waals surface area (Å²) in [7, 11) is 0. The van der Waals surface area contributed by atoms with Gasteiger partial charge in [0, 0.05) is 51.3 Å². The molecule has 5 nitrogen and oxygen atoms in total. The highest BCUT2D eigenvalue weighted by Crippen LogP contribution is 2.41. The topological polar surface area (TPSA) is 44.9 Å². The maximum atomic E-state index is 6.46. The first kappa shape index (κ1) is 25.3. The van der Waals surface area contributed by atoms with Crippen molar-refractivity contribution in [3.05, 3.63) is 158 Å². The first-order valence-corrected chi connectivity index (χ1v) is 15.0. The largest absolute Gasteiger partial charge is 0.457 e. The zero-order valence-electron chi connectivity index (χ0n) is 24.2. The minimum absolute atomic E-state index is 0.746.